The van der Waals surface area contributed by atoms with Crippen LogP contribution in [0.25, 0.3) is 0 Å². The number of hydrogen-bond donors (Lipinski definition) is 3. The molecular formula is C24H40N4O8S. The smallest absolute Gasteiger partial charge is 0.240 e. The second kappa shape index (κ2) is 11.0. The predicted octanol–water partition coefficient (Wildman–Crippen LogP) is -1.74. The summed E-state index contributed by atoms with van der Waals surface area (Å²) < 4.78 is 38.1. The first kappa shape index (κ1) is 27.2. The molecule has 13 heteroatoms. The molecular weight excluding hydrogens is 504 g/mol. The van der Waals surface area contributed by atoms with Gasteiger partial charge in [-0.2, -0.15) is 4.31 Å². The van der Waals surface area contributed by atoms with E-state index in [0.29, 0.717) is 32.2 Å². The Bertz CT molecular complexity index is 960. The Labute approximate surface area is 218 Å². The number of amides is 2. The predicted molar refractivity (Wildman–Crippen MR) is 132 cm³/mol. The first-order valence-corrected chi connectivity index (χ1v) is 15.4. The molecule has 12 nitrogen and oxygen atoms in total. The van der Waals surface area contributed by atoms with Gasteiger partial charge in [-0.05, 0) is 19.3 Å². The Morgan fingerprint density at radius 2 is 1.70 bits per heavy atom. The number of aliphatic hydroxyl groups is 2. The first-order valence-electron chi connectivity index (χ1n) is 13.5. The fourth-order valence-electron chi connectivity index (χ4n) is 6.65. The molecule has 5 rings (SSSR count). The Kier molecular flexibility index (Phi) is 8.11. The van der Waals surface area contributed by atoms with Crippen molar-refractivity contribution in [3.05, 3.63) is 0 Å². The van der Waals surface area contributed by atoms with Crippen molar-refractivity contribution in [2.75, 3.05) is 45.6 Å². The van der Waals surface area contributed by atoms with Crippen LogP contribution in [0.5, 0.6) is 0 Å². The number of fused-ring (bicyclic) bond motifs is 6. The zero-order valence-corrected chi connectivity index (χ0v) is 22.2. The van der Waals surface area contributed by atoms with Crippen molar-refractivity contribution < 1.29 is 37.7 Å². The topological polar surface area (TPSA) is 149 Å². The van der Waals surface area contributed by atoms with E-state index in [2.05, 4.69) is 10.2 Å². The zero-order chi connectivity index (χ0) is 26.3. The second-order valence-corrected chi connectivity index (χ2v) is 13.2. The number of nitrogens with one attached hydrogen (secondary N) is 1. The summed E-state index contributed by atoms with van der Waals surface area (Å²) in [6.07, 6.45) is 1.79. The van der Waals surface area contributed by atoms with Crippen molar-refractivity contribution in [1.82, 2.24) is 19.4 Å². The second-order valence-electron chi connectivity index (χ2n) is 11.3. The van der Waals surface area contributed by atoms with Gasteiger partial charge in [0.05, 0.1) is 37.5 Å². The summed E-state index contributed by atoms with van der Waals surface area (Å²) in [6.45, 7) is 1.38. The normalized spacial score (nSPS) is 39.6. The van der Waals surface area contributed by atoms with Crippen LogP contribution < -0.4 is 5.32 Å². The van der Waals surface area contributed by atoms with Gasteiger partial charge in [-0.3, -0.25) is 14.5 Å². The maximum atomic E-state index is 13.8. The van der Waals surface area contributed by atoms with Gasteiger partial charge in [0.2, 0.25) is 21.8 Å². The van der Waals surface area contributed by atoms with E-state index in [1.165, 1.54) is 10.7 Å². The summed E-state index contributed by atoms with van der Waals surface area (Å²) in [5, 5.41) is 24.2. The van der Waals surface area contributed by atoms with Gasteiger partial charge in [0.15, 0.2) is 0 Å². The molecule has 4 aliphatic heterocycles. The molecule has 0 spiro atoms. The number of ether oxygens (including phenoxy) is 2. The fraction of sp³-hybridized carbons (Fsp3) is 0.917. The van der Waals surface area contributed by atoms with E-state index in [1.807, 2.05) is 0 Å². The van der Waals surface area contributed by atoms with Crippen molar-refractivity contribution in [3.63, 3.8) is 0 Å². The van der Waals surface area contributed by atoms with E-state index < -0.39 is 40.5 Å². The van der Waals surface area contributed by atoms with Gasteiger partial charge in [-0.25, -0.2) is 8.42 Å². The lowest BCUT2D eigenvalue weighted by Crippen LogP contribution is -2.56. The van der Waals surface area contributed by atoms with Gasteiger partial charge in [0, 0.05) is 44.8 Å². The highest BCUT2D eigenvalue weighted by molar-refractivity contribution is 7.88. The van der Waals surface area contributed by atoms with Gasteiger partial charge >= 0.3 is 0 Å². The van der Waals surface area contributed by atoms with Crippen molar-refractivity contribution in [3.8, 4) is 0 Å². The Morgan fingerprint density at radius 1 is 0.973 bits per heavy atom. The van der Waals surface area contributed by atoms with Crippen LogP contribution in [0.2, 0.25) is 0 Å². The highest BCUT2D eigenvalue weighted by atomic mass is 32.2. The average Bonchev–Trinajstić information content (AvgIpc) is 3.39. The number of morpholine rings is 1. The SMILES string of the molecule is CS(=O)(=O)N1C[C@@H]2CN(CCO2)C(=O)[C@@H]2C[C@@H](CN2C2CCCCC2)NC(=O)C[C@@H]2O[C@H](C1)[C@@H](O)[C@H]2O. The molecule has 5 fully saturated rings. The van der Waals surface area contributed by atoms with E-state index in [-0.39, 0.29) is 50.0 Å². The number of aliphatic hydroxyl groups excluding tert-OH is 2. The van der Waals surface area contributed by atoms with Crippen LogP contribution in [0.15, 0.2) is 0 Å². The molecule has 0 aromatic heterocycles. The highest BCUT2D eigenvalue weighted by Crippen LogP contribution is 2.32. The number of nitrogens with zero attached hydrogens (tertiary/aromatic N) is 3. The molecule has 4 heterocycles. The number of rotatable bonds is 2. The molecule has 0 aromatic carbocycles. The van der Waals surface area contributed by atoms with E-state index in [9.17, 15) is 28.2 Å². The third kappa shape index (κ3) is 5.97. The van der Waals surface area contributed by atoms with Crippen molar-refractivity contribution >= 4 is 21.8 Å². The molecule has 4 saturated heterocycles. The monoisotopic (exact) mass is 544 g/mol. The largest absolute Gasteiger partial charge is 0.388 e. The lowest BCUT2D eigenvalue weighted by Gasteiger charge is -2.40. The molecule has 6 bridgehead atoms. The average molecular weight is 545 g/mol. The summed E-state index contributed by atoms with van der Waals surface area (Å²) in [7, 11) is -3.71. The van der Waals surface area contributed by atoms with Crippen LogP contribution in [-0.4, -0.2) is 139 Å². The number of likely N-dealkylation sites (tertiary alicyclic amines) is 1. The fourth-order valence-corrected chi connectivity index (χ4v) is 7.51. The minimum absolute atomic E-state index is 0.00266. The van der Waals surface area contributed by atoms with Gasteiger partial charge in [0.1, 0.15) is 18.3 Å². The quantitative estimate of drug-likeness (QED) is 0.368. The van der Waals surface area contributed by atoms with Crippen molar-refractivity contribution in [1.29, 1.82) is 0 Å². The molecule has 7 atom stereocenters. The Hall–Kier alpha value is -1.35. The number of carbonyl (C=O) groups is 2. The van der Waals surface area contributed by atoms with Gasteiger partial charge in [-0.15, -0.1) is 0 Å². The summed E-state index contributed by atoms with van der Waals surface area (Å²) in [6, 6.07) is -0.265. The molecule has 1 aliphatic carbocycles. The van der Waals surface area contributed by atoms with E-state index in [4.69, 9.17) is 9.47 Å². The number of hydrogen-bond acceptors (Lipinski definition) is 9. The standard InChI is InChI=1S/C24H40N4O8S/c1-37(33,34)27-13-17-12-26(7-8-35-17)24(32)18-9-15(11-28(18)16-5-3-2-4-6-16)25-21(29)10-19-22(30)23(31)20(14-27)36-19/h15-20,22-23,30-31H,2-14H2,1H3,(H,25,29)/t15-,17-,18-,19-,20+,22-,23+/m0/s1. The third-order valence-electron chi connectivity index (χ3n) is 8.59. The number of sulfonamides is 1. The minimum atomic E-state index is -3.71. The molecule has 1 saturated carbocycles. The minimum Gasteiger partial charge on any atom is -0.388 e. The molecule has 2 amide bonds. The lowest BCUT2D eigenvalue weighted by atomic mass is 9.93. The van der Waals surface area contributed by atoms with Crippen LogP contribution in [0.1, 0.15) is 44.9 Å². The summed E-state index contributed by atoms with van der Waals surface area (Å²) in [4.78, 5) is 30.8. The van der Waals surface area contributed by atoms with Gasteiger partial charge < -0.3 is 29.9 Å². The van der Waals surface area contributed by atoms with Crippen LogP contribution in [0.3, 0.4) is 0 Å². The summed E-state index contributed by atoms with van der Waals surface area (Å²) in [5.41, 5.74) is 0. The Balaban J connectivity index is 1.42. The van der Waals surface area contributed by atoms with Crippen LogP contribution in [-0.2, 0) is 29.1 Å². The molecule has 3 N–H and O–H groups in total. The van der Waals surface area contributed by atoms with Crippen LogP contribution in [0, 0.1) is 0 Å². The first-order chi connectivity index (χ1) is 17.6. The molecule has 210 valence electrons. The van der Waals surface area contributed by atoms with E-state index >= 15 is 0 Å². The third-order valence-corrected chi connectivity index (χ3v) is 9.83. The van der Waals surface area contributed by atoms with Crippen LogP contribution >= 0.6 is 0 Å². The maximum Gasteiger partial charge on any atom is 0.240 e. The molecule has 0 aromatic rings. The van der Waals surface area contributed by atoms with Crippen molar-refractivity contribution in [2.24, 2.45) is 0 Å². The molecule has 0 radical (unpaired) electrons. The summed E-state index contributed by atoms with van der Waals surface area (Å²) >= 11 is 0. The van der Waals surface area contributed by atoms with E-state index in [1.54, 1.807) is 4.90 Å². The van der Waals surface area contributed by atoms with Crippen LogP contribution in [0.4, 0.5) is 0 Å². The number of carbonyl (C=O) groups excluding carboxylic acids is 2. The summed E-state index contributed by atoms with van der Waals surface area (Å²) in [5.74, 6) is -0.319. The van der Waals surface area contributed by atoms with Gasteiger partial charge in [0.25, 0.3) is 0 Å². The van der Waals surface area contributed by atoms with Gasteiger partial charge in [-0.1, -0.05) is 19.3 Å². The molecule has 5 aliphatic rings. The van der Waals surface area contributed by atoms with E-state index in [0.717, 1.165) is 31.9 Å². The Morgan fingerprint density at radius 3 is 2.43 bits per heavy atom. The lowest BCUT2D eigenvalue weighted by molar-refractivity contribution is -0.145. The molecule has 37 heavy (non-hydrogen) atoms. The maximum absolute atomic E-state index is 13.8. The highest BCUT2D eigenvalue weighted by Gasteiger charge is 2.47. The van der Waals surface area contributed by atoms with Crippen molar-refractivity contribution in [2.45, 2.75) is 93.6 Å². The molecule has 0 unspecified atom stereocenters. The zero-order valence-electron chi connectivity index (χ0n) is 21.4.